The van der Waals surface area contributed by atoms with Crippen molar-refractivity contribution in [2.75, 3.05) is 0 Å². The Morgan fingerprint density at radius 3 is 1.41 bits per heavy atom. The molecular formula is C57H35N3O. The third-order valence-electron chi connectivity index (χ3n) is 11.9. The van der Waals surface area contributed by atoms with Gasteiger partial charge in [-0.25, -0.2) is 15.0 Å². The van der Waals surface area contributed by atoms with Crippen LogP contribution in [0, 0.1) is 0 Å². The van der Waals surface area contributed by atoms with E-state index in [1.165, 1.54) is 38.2 Å². The van der Waals surface area contributed by atoms with Gasteiger partial charge < -0.3 is 4.42 Å². The molecule has 12 rings (SSSR count). The molecule has 4 nitrogen and oxygen atoms in total. The molecule has 0 N–H and O–H groups in total. The highest BCUT2D eigenvalue weighted by atomic mass is 16.3. The standard InChI is InChI=1S/C57H35N3O/c1-3-17-36(18-4-1)38-21-15-22-39(35-38)55-58-56(60-57(59-55)50-31-16-30-48-42-25-13-14-32-51(42)61-54(48)50)49-34-33-47(40-23-7-8-24-41(40)49)53-45-28-11-9-26-43(45)52(37-19-5-2-6-20-37)44-27-10-12-29-46(44)53/h1-35H. The number of para-hydroxylation sites is 2. The summed E-state index contributed by atoms with van der Waals surface area (Å²) in [5, 5.41) is 9.12. The minimum Gasteiger partial charge on any atom is -0.455 e. The van der Waals surface area contributed by atoms with Gasteiger partial charge in [0.05, 0.1) is 5.56 Å². The van der Waals surface area contributed by atoms with Crippen molar-refractivity contribution in [3.63, 3.8) is 0 Å². The SMILES string of the molecule is c1ccc(-c2cccc(-c3nc(-c4ccc(-c5c6ccccc6c(-c6ccccc6)c6ccccc56)c5ccccc45)nc(-c4cccc5c4oc4ccccc45)n3)c2)cc1. The quantitative estimate of drug-likeness (QED) is 0.158. The average molecular weight is 778 g/mol. The van der Waals surface area contributed by atoms with E-state index in [4.69, 9.17) is 19.4 Å². The molecule has 0 aliphatic rings. The Morgan fingerprint density at radius 2 is 0.721 bits per heavy atom. The van der Waals surface area contributed by atoms with Crippen LogP contribution in [-0.4, -0.2) is 15.0 Å². The number of furan rings is 1. The molecule has 4 heteroatoms. The minimum absolute atomic E-state index is 0.552. The van der Waals surface area contributed by atoms with E-state index in [-0.39, 0.29) is 0 Å². The fraction of sp³-hybridized carbons (Fsp3) is 0. The van der Waals surface area contributed by atoms with E-state index < -0.39 is 0 Å². The van der Waals surface area contributed by atoms with Crippen LogP contribution in [0.4, 0.5) is 0 Å². The van der Waals surface area contributed by atoms with Crippen molar-refractivity contribution < 1.29 is 4.42 Å². The second-order valence-corrected chi connectivity index (χ2v) is 15.4. The summed E-state index contributed by atoms with van der Waals surface area (Å²) in [6.45, 7) is 0. The fourth-order valence-corrected chi connectivity index (χ4v) is 9.18. The van der Waals surface area contributed by atoms with Crippen molar-refractivity contribution in [3.05, 3.63) is 212 Å². The van der Waals surface area contributed by atoms with Crippen LogP contribution < -0.4 is 0 Å². The molecule has 0 aliphatic carbocycles. The minimum atomic E-state index is 0.552. The summed E-state index contributed by atoms with van der Waals surface area (Å²) in [5.74, 6) is 1.74. The molecule has 284 valence electrons. The lowest BCUT2D eigenvalue weighted by molar-refractivity contribution is 0.669. The van der Waals surface area contributed by atoms with Crippen LogP contribution in [0.15, 0.2) is 217 Å². The summed E-state index contributed by atoms with van der Waals surface area (Å²) in [5.41, 5.74) is 11.3. The Labute approximate surface area is 352 Å². The normalized spacial score (nSPS) is 11.6. The first kappa shape index (κ1) is 34.8. The second kappa shape index (κ2) is 14.3. The van der Waals surface area contributed by atoms with Crippen molar-refractivity contribution in [1.82, 2.24) is 15.0 Å². The number of aromatic nitrogens is 3. The predicted octanol–water partition coefficient (Wildman–Crippen LogP) is 15.2. The van der Waals surface area contributed by atoms with Crippen LogP contribution in [0.3, 0.4) is 0 Å². The van der Waals surface area contributed by atoms with Crippen LogP contribution in [0.1, 0.15) is 0 Å². The van der Waals surface area contributed by atoms with Gasteiger partial charge in [-0.15, -0.1) is 0 Å². The monoisotopic (exact) mass is 777 g/mol. The zero-order chi connectivity index (χ0) is 40.3. The van der Waals surface area contributed by atoms with Crippen molar-refractivity contribution >= 4 is 54.3 Å². The molecule has 2 aromatic heterocycles. The van der Waals surface area contributed by atoms with Crippen molar-refractivity contribution in [2.45, 2.75) is 0 Å². The largest absolute Gasteiger partial charge is 0.455 e. The maximum absolute atomic E-state index is 6.55. The van der Waals surface area contributed by atoms with Crippen LogP contribution >= 0.6 is 0 Å². The third kappa shape index (κ3) is 5.80. The van der Waals surface area contributed by atoms with E-state index in [0.717, 1.165) is 66.1 Å². The Hall–Kier alpha value is -8.21. The third-order valence-corrected chi connectivity index (χ3v) is 11.9. The molecule has 12 aromatic rings. The zero-order valence-corrected chi connectivity index (χ0v) is 33.0. The number of benzene rings is 10. The van der Waals surface area contributed by atoms with Gasteiger partial charge in [-0.2, -0.15) is 0 Å². The number of hydrogen-bond donors (Lipinski definition) is 0. The molecule has 2 heterocycles. The van der Waals surface area contributed by atoms with Gasteiger partial charge in [-0.05, 0) is 90.0 Å². The van der Waals surface area contributed by atoms with E-state index >= 15 is 0 Å². The molecule has 0 aliphatic heterocycles. The molecule has 61 heavy (non-hydrogen) atoms. The van der Waals surface area contributed by atoms with Gasteiger partial charge in [0.25, 0.3) is 0 Å². The zero-order valence-electron chi connectivity index (χ0n) is 33.0. The van der Waals surface area contributed by atoms with E-state index in [1.807, 2.05) is 30.3 Å². The smallest absolute Gasteiger partial charge is 0.167 e. The van der Waals surface area contributed by atoms with Gasteiger partial charge in [0, 0.05) is 21.9 Å². The Morgan fingerprint density at radius 1 is 0.262 bits per heavy atom. The second-order valence-electron chi connectivity index (χ2n) is 15.4. The van der Waals surface area contributed by atoms with E-state index in [9.17, 15) is 0 Å². The first-order chi connectivity index (χ1) is 30.3. The molecule has 0 amide bonds. The summed E-state index contributed by atoms with van der Waals surface area (Å²) < 4.78 is 6.55. The van der Waals surface area contributed by atoms with Gasteiger partial charge in [-0.1, -0.05) is 188 Å². The van der Waals surface area contributed by atoms with Crippen molar-refractivity contribution in [3.8, 4) is 67.5 Å². The molecule has 0 radical (unpaired) electrons. The topological polar surface area (TPSA) is 51.8 Å². The summed E-state index contributed by atoms with van der Waals surface area (Å²) >= 11 is 0. The highest BCUT2D eigenvalue weighted by Gasteiger charge is 2.22. The predicted molar refractivity (Wildman–Crippen MR) is 252 cm³/mol. The highest BCUT2D eigenvalue weighted by molar-refractivity contribution is 6.24. The van der Waals surface area contributed by atoms with Crippen molar-refractivity contribution in [1.29, 1.82) is 0 Å². The first-order valence-electron chi connectivity index (χ1n) is 20.6. The fourth-order valence-electron chi connectivity index (χ4n) is 9.18. The summed E-state index contributed by atoms with van der Waals surface area (Å²) in [6, 6.07) is 74.7. The molecule has 10 aromatic carbocycles. The van der Waals surface area contributed by atoms with Crippen LogP contribution in [0.2, 0.25) is 0 Å². The highest BCUT2D eigenvalue weighted by Crippen LogP contribution is 2.46. The molecule has 0 saturated heterocycles. The lowest BCUT2D eigenvalue weighted by atomic mass is 9.84. The molecule has 0 saturated carbocycles. The molecule has 0 atom stereocenters. The number of nitrogens with zero attached hydrogens (tertiary/aromatic N) is 3. The molecule has 0 unspecified atom stereocenters. The Balaban J connectivity index is 1.11. The summed E-state index contributed by atoms with van der Waals surface area (Å²) in [7, 11) is 0. The van der Waals surface area contributed by atoms with Gasteiger partial charge in [0.15, 0.2) is 17.5 Å². The molecular weight excluding hydrogens is 743 g/mol. The van der Waals surface area contributed by atoms with Crippen LogP contribution in [0.5, 0.6) is 0 Å². The lowest BCUT2D eigenvalue weighted by Gasteiger charge is -2.19. The maximum atomic E-state index is 6.55. The van der Waals surface area contributed by atoms with Gasteiger partial charge in [-0.3, -0.25) is 0 Å². The number of fused-ring (bicyclic) bond motifs is 6. The summed E-state index contributed by atoms with van der Waals surface area (Å²) in [4.78, 5) is 15.8. The van der Waals surface area contributed by atoms with E-state index in [0.29, 0.717) is 17.5 Å². The number of rotatable bonds is 6. The first-order valence-corrected chi connectivity index (χ1v) is 20.6. The number of hydrogen-bond acceptors (Lipinski definition) is 4. The average Bonchev–Trinajstić information content (AvgIpc) is 3.72. The van der Waals surface area contributed by atoms with E-state index in [2.05, 4.69) is 182 Å². The van der Waals surface area contributed by atoms with Gasteiger partial charge in [0.1, 0.15) is 11.2 Å². The van der Waals surface area contributed by atoms with E-state index in [1.54, 1.807) is 0 Å². The van der Waals surface area contributed by atoms with Crippen LogP contribution in [-0.2, 0) is 0 Å². The van der Waals surface area contributed by atoms with Crippen LogP contribution in [0.25, 0.3) is 122 Å². The summed E-state index contributed by atoms with van der Waals surface area (Å²) in [6.07, 6.45) is 0. The van der Waals surface area contributed by atoms with Crippen molar-refractivity contribution in [2.24, 2.45) is 0 Å². The Bertz CT molecular complexity index is 3590. The Kier molecular flexibility index (Phi) is 8.13. The molecule has 0 spiro atoms. The lowest BCUT2D eigenvalue weighted by Crippen LogP contribution is -2.01. The van der Waals surface area contributed by atoms with Gasteiger partial charge in [0.2, 0.25) is 0 Å². The van der Waals surface area contributed by atoms with Gasteiger partial charge >= 0.3 is 0 Å². The molecule has 0 bridgehead atoms. The molecule has 0 fully saturated rings. The maximum Gasteiger partial charge on any atom is 0.167 e.